The number of thiazole rings is 1. The van der Waals surface area contributed by atoms with E-state index in [1.807, 2.05) is 30.3 Å². The number of benzene rings is 2. The fourth-order valence-electron chi connectivity index (χ4n) is 2.32. The van der Waals surface area contributed by atoms with Crippen LogP contribution in [0.2, 0.25) is 5.02 Å². The van der Waals surface area contributed by atoms with E-state index in [0.29, 0.717) is 33.0 Å². The van der Waals surface area contributed by atoms with Crippen LogP contribution in [0.15, 0.2) is 54.7 Å². The number of hydrogen-bond acceptors (Lipinski definition) is 6. The molecule has 144 valence electrons. The zero-order valence-electron chi connectivity index (χ0n) is 15.0. The van der Waals surface area contributed by atoms with Crippen LogP contribution in [0.5, 0.6) is 5.75 Å². The number of nitrogens with zero attached hydrogens (tertiary/aromatic N) is 1. The van der Waals surface area contributed by atoms with Crippen molar-refractivity contribution >= 4 is 39.9 Å². The summed E-state index contributed by atoms with van der Waals surface area (Å²) in [5.41, 5.74) is 1.33. The maximum absolute atomic E-state index is 12.5. The molecule has 0 unspecified atom stereocenters. The number of rotatable bonds is 7. The number of hydrogen-bond donors (Lipinski definition) is 1. The van der Waals surface area contributed by atoms with Crippen molar-refractivity contribution in [1.82, 2.24) is 4.98 Å². The third kappa shape index (κ3) is 5.31. The smallest absolute Gasteiger partial charge is 0.350 e. The zero-order chi connectivity index (χ0) is 19.9. The van der Waals surface area contributed by atoms with Gasteiger partial charge in [0.1, 0.15) is 17.2 Å². The molecule has 0 aliphatic carbocycles. The molecule has 1 aromatic heterocycles. The summed E-state index contributed by atoms with van der Waals surface area (Å²) in [5.74, 6) is -0.399. The van der Waals surface area contributed by atoms with Crippen LogP contribution in [0, 0.1) is 0 Å². The number of amides is 1. The highest BCUT2D eigenvalue weighted by atomic mass is 35.5. The molecule has 3 rings (SSSR count). The van der Waals surface area contributed by atoms with E-state index in [4.69, 9.17) is 21.1 Å². The molecule has 0 aliphatic rings. The third-order valence-corrected chi connectivity index (χ3v) is 4.70. The highest BCUT2D eigenvalue weighted by Crippen LogP contribution is 2.24. The highest BCUT2D eigenvalue weighted by Gasteiger charge is 2.15. The first kappa shape index (κ1) is 19.9. The van der Waals surface area contributed by atoms with E-state index in [-0.39, 0.29) is 6.61 Å². The highest BCUT2D eigenvalue weighted by molar-refractivity contribution is 7.17. The number of nitrogens with one attached hydrogen (secondary N) is 1. The molecule has 0 bridgehead atoms. The Morgan fingerprint density at radius 1 is 1.18 bits per heavy atom. The lowest BCUT2D eigenvalue weighted by molar-refractivity contribution is 0.0531. The summed E-state index contributed by atoms with van der Waals surface area (Å²) < 4.78 is 10.6. The van der Waals surface area contributed by atoms with E-state index in [1.54, 1.807) is 19.1 Å². The number of aromatic nitrogens is 1. The molecule has 0 aliphatic heterocycles. The van der Waals surface area contributed by atoms with Gasteiger partial charge in [0.25, 0.3) is 5.91 Å². The average molecular weight is 417 g/mol. The fraction of sp³-hybridized carbons (Fsp3) is 0.150. The number of esters is 1. The predicted octanol–water partition coefficient (Wildman–Crippen LogP) is 4.80. The summed E-state index contributed by atoms with van der Waals surface area (Å²) in [6.45, 7) is 2.35. The maximum Gasteiger partial charge on any atom is 0.350 e. The van der Waals surface area contributed by atoms with Crippen LogP contribution in [-0.2, 0) is 11.3 Å². The Morgan fingerprint density at radius 3 is 2.71 bits per heavy atom. The quantitative estimate of drug-likeness (QED) is 0.559. The van der Waals surface area contributed by atoms with Gasteiger partial charge in [0.05, 0.1) is 12.8 Å². The van der Waals surface area contributed by atoms with Crippen LogP contribution in [0.1, 0.15) is 32.5 Å². The topological polar surface area (TPSA) is 77.5 Å². The van der Waals surface area contributed by atoms with Gasteiger partial charge >= 0.3 is 5.97 Å². The van der Waals surface area contributed by atoms with Crippen LogP contribution in [0.4, 0.5) is 5.13 Å². The minimum absolute atomic E-state index is 0.271. The normalized spacial score (nSPS) is 10.4. The molecule has 1 amide bonds. The van der Waals surface area contributed by atoms with Crippen molar-refractivity contribution in [1.29, 1.82) is 0 Å². The summed E-state index contributed by atoms with van der Waals surface area (Å²) in [7, 11) is 0. The van der Waals surface area contributed by atoms with Crippen molar-refractivity contribution in [2.24, 2.45) is 0 Å². The third-order valence-electron chi connectivity index (χ3n) is 3.58. The number of anilines is 1. The standard InChI is InChI=1S/C20H17ClN2O4S/c1-2-26-19(25)17-11-22-20(28-17)23-18(24)14-8-15(21)10-16(9-14)27-12-13-6-4-3-5-7-13/h3-11H,2,12H2,1H3,(H,22,23,24). The zero-order valence-corrected chi connectivity index (χ0v) is 16.5. The van der Waals surface area contributed by atoms with Crippen molar-refractivity contribution in [3.63, 3.8) is 0 Å². The minimum Gasteiger partial charge on any atom is -0.489 e. The van der Waals surface area contributed by atoms with E-state index >= 15 is 0 Å². The first-order valence-electron chi connectivity index (χ1n) is 8.46. The summed E-state index contributed by atoms with van der Waals surface area (Å²) >= 11 is 7.16. The van der Waals surface area contributed by atoms with Gasteiger partial charge in [-0.1, -0.05) is 53.3 Å². The molecule has 0 spiro atoms. The maximum atomic E-state index is 12.5. The van der Waals surface area contributed by atoms with Gasteiger partial charge in [-0.15, -0.1) is 0 Å². The van der Waals surface area contributed by atoms with Gasteiger partial charge in [-0.2, -0.15) is 0 Å². The van der Waals surface area contributed by atoms with E-state index in [2.05, 4.69) is 10.3 Å². The predicted molar refractivity (Wildman–Crippen MR) is 108 cm³/mol. The van der Waals surface area contributed by atoms with E-state index < -0.39 is 11.9 Å². The SMILES string of the molecule is CCOC(=O)c1cnc(NC(=O)c2cc(Cl)cc(OCc3ccccc3)c2)s1. The molecule has 3 aromatic rings. The Labute approximate surface area is 171 Å². The van der Waals surface area contributed by atoms with E-state index in [9.17, 15) is 9.59 Å². The van der Waals surface area contributed by atoms with Crippen LogP contribution >= 0.6 is 22.9 Å². The second kappa shape index (κ2) is 9.34. The summed E-state index contributed by atoms with van der Waals surface area (Å²) in [5, 5.41) is 3.32. The van der Waals surface area contributed by atoms with E-state index in [1.165, 1.54) is 12.3 Å². The summed E-state index contributed by atoms with van der Waals surface area (Å²) in [6.07, 6.45) is 1.37. The molecule has 0 fully saturated rings. The average Bonchev–Trinajstić information content (AvgIpc) is 3.15. The van der Waals surface area contributed by atoms with Crippen LogP contribution in [0.3, 0.4) is 0 Å². The monoisotopic (exact) mass is 416 g/mol. The van der Waals surface area contributed by atoms with Crippen molar-refractivity contribution in [3.05, 3.63) is 75.8 Å². The molecular formula is C20H17ClN2O4S. The van der Waals surface area contributed by atoms with Crippen LogP contribution in [0.25, 0.3) is 0 Å². The molecular weight excluding hydrogens is 400 g/mol. The number of ether oxygens (including phenoxy) is 2. The van der Waals surface area contributed by atoms with Crippen LogP contribution < -0.4 is 10.1 Å². The van der Waals surface area contributed by atoms with Gasteiger partial charge in [-0.05, 0) is 30.7 Å². The fourth-order valence-corrected chi connectivity index (χ4v) is 3.25. The Bertz CT molecular complexity index is 975. The Kier molecular flexibility index (Phi) is 6.62. The van der Waals surface area contributed by atoms with Crippen molar-refractivity contribution in [2.45, 2.75) is 13.5 Å². The van der Waals surface area contributed by atoms with Gasteiger partial charge in [0.2, 0.25) is 0 Å². The lowest BCUT2D eigenvalue weighted by Crippen LogP contribution is -2.12. The van der Waals surface area contributed by atoms with Gasteiger partial charge in [0, 0.05) is 10.6 Å². The van der Waals surface area contributed by atoms with E-state index in [0.717, 1.165) is 16.9 Å². The minimum atomic E-state index is -0.472. The summed E-state index contributed by atoms with van der Waals surface area (Å²) in [4.78, 5) is 28.6. The molecule has 28 heavy (non-hydrogen) atoms. The first-order chi connectivity index (χ1) is 13.5. The number of carbonyl (C=O) groups is 2. The largest absolute Gasteiger partial charge is 0.489 e. The van der Waals surface area contributed by atoms with Crippen molar-refractivity contribution < 1.29 is 19.1 Å². The number of halogens is 1. The van der Waals surface area contributed by atoms with Crippen molar-refractivity contribution in [2.75, 3.05) is 11.9 Å². The second-order valence-corrected chi connectivity index (χ2v) is 7.12. The Balaban J connectivity index is 1.68. The van der Waals surface area contributed by atoms with Crippen molar-refractivity contribution in [3.8, 4) is 5.75 Å². The molecule has 6 nitrogen and oxygen atoms in total. The molecule has 0 radical (unpaired) electrons. The molecule has 1 N–H and O–H groups in total. The number of carbonyl (C=O) groups excluding carboxylic acids is 2. The molecule has 8 heteroatoms. The Hall–Kier alpha value is -2.90. The lowest BCUT2D eigenvalue weighted by Gasteiger charge is -2.09. The lowest BCUT2D eigenvalue weighted by atomic mass is 10.2. The van der Waals surface area contributed by atoms with Gasteiger partial charge in [-0.25, -0.2) is 9.78 Å². The summed E-state index contributed by atoms with van der Waals surface area (Å²) in [6, 6.07) is 14.4. The van der Waals surface area contributed by atoms with Gasteiger partial charge < -0.3 is 9.47 Å². The molecule has 1 heterocycles. The Morgan fingerprint density at radius 2 is 1.96 bits per heavy atom. The van der Waals surface area contributed by atoms with Gasteiger partial charge in [-0.3, -0.25) is 10.1 Å². The first-order valence-corrected chi connectivity index (χ1v) is 9.66. The molecule has 2 aromatic carbocycles. The van der Waals surface area contributed by atoms with Crippen LogP contribution in [-0.4, -0.2) is 23.5 Å². The molecule has 0 atom stereocenters. The second-order valence-electron chi connectivity index (χ2n) is 5.65. The van der Waals surface area contributed by atoms with Gasteiger partial charge in [0.15, 0.2) is 5.13 Å². The molecule has 0 saturated heterocycles. The molecule has 0 saturated carbocycles.